The molecule has 0 aromatic heterocycles. The second-order valence-corrected chi connectivity index (χ2v) is 5.12. The Morgan fingerprint density at radius 3 is 2.93 bits per heavy atom. The number of rotatable bonds is 2. The first-order valence-electron chi connectivity index (χ1n) is 5.21. The van der Waals surface area contributed by atoms with Crippen molar-refractivity contribution in [2.24, 2.45) is 5.92 Å². The molecule has 0 radical (unpaired) electrons. The average molecular weight is 254 g/mol. The normalized spacial score (nSPS) is 21.4. The third kappa shape index (κ3) is 2.58. The molecule has 0 bridgehead atoms. The number of hydrogen-bond donors (Lipinski definition) is 1. The number of benzene rings is 1. The predicted molar refractivity (Wildman–Crippen MR) is 63.6 cm³/mol. The highest BCUT2D eigenvalue weighted by molar-refractivity contribution is 9.10. The van der Waals surface area contributed by atoms with Crippen molar-refractivity contribution in [3.63, 3.8) is 0 Å². The van der Waals surface area contributed by atoms with Crippen molar-refractivity contribution in [3.8, 4) is 0 Å². The molecule has 1 N–H and O–H groups in total. The van der Waals surface area contributed by atoms with E-state index in [0.717, 1.165) is 5.92 Å². The monoisotopic (exact) mass is 253 g/mol. The number of halogens is 1. The van der Waals surface area contributed by atoms with E-state index in [2.05, 4.69) is 46.4 Å². The Morgan fingerprint density at radius 1 is 1.43 bits per heavy atom. The number of nitrogens with one attached hydrogen (secondary N) is 1. The molecule has 0 saturated carbocycles. The summed E-state index contributed by atoms with van der Waals surface area (Å²) in [6.45, 7) is 4.53. The van der Waals surface area contributed by atoms with Gasteiger partial charge in [0, 0.05) is 4.47 Å². The maximum Gasteiger partial charge on any atom is 0.0180 e. The van der Waals surface area contributed by atoms with Crippen LogP contribution in [0.2, 0.25) is 0 Å². The minimum absolute atomic E-state index is 0.837. The Bertz CT molecular complexity index is 296. The van der Waals surface area contributed by atoms with Crippen molar-refractivity contribution < 1.29 is 0 Å². The lowest BCUT2D eigenvalue weighted by molar-refractivity contribution is 0.580. The zero-order valence-corrected chi connectivity index (χ0v) is 10.1. The fourth-order valence-corrected chi connectivity index (χ4v) is 2.81. The van der Waals surface area contributed by atoms with Crippen molar-refractivity contribution in [2.45, 2.75) is 19.8 Å². The SMILES string of the molecule is Cc1cc(Br)cc(CC2CCNC2)c1. The van der Waals surface area contributed by atoms with Gasteiger partial charge >= 0.3 is 0 Å². The lowest BCUT2D eigenvalue weighted by atomic mass is 9.98. The van der Waals surface area contributed by atoms with Crippen LogP contribution >= 0.6 is 15.9 Å². The molecule has 1 aliphatic heterocycles. The van der Waals surface area contributed by atoms with Gasteiger partial charge in [0.2, 0.25) is 0 Å². The molecule has 2 heteroatoms. The topological polar surface area (TPSA) is 12.0 Å². The standard InChI is InChI=1S/C12H16BrN/c1-9-4-11(7-12(13)5-9)6-10-2-3-14-8-10/h4-5,7,10,14H,2-3,6,8H2,1H3. The van der Waals surface area contributed by atoms with E-state index in [-0.39, 0.29) is 0 Å². The molecule has 1 aromatic carbocycles. The Morgan fingerprint density at radius 2 is 2.29 bits per heavy atom. The van der Waals surface area contributed by atoms with Crippen molar-refractivity contribution in [1.29, 1.82) is 0 Å². The van der Waals surface area contributed by atoms with Crippen LogP contribution in [0.5, 0.6) is 0 Å². The van der Waals surface area contributed by atoms with E-state index in [0.29, 0.717) is 0 Å². The third-order valence-corrected chi connectivity index (χ3v) is 3.25. The van der Waals surface area contributed by atoms with Gasteiger partial charge in [-0.15, -0.1) is 0 Å². The Labute approximate surface area is 94.0 Å². The highest BCUT2D eigenvalue weighted by Crippen LogP contribution is 2.20. The van der Waals surface area contributed by atoms with Gasteiger partial charge in [-0.3, -0.25) is 0 Å². The molecule has 0 amide bonds. The lowest BCUT2D eigenvalue weighted by Crippen LogP contribution is -2.10. The van der Waals surface area contributed by atoms with E-state index in [9.17, 15) is 0 Å². The first-order valence-corrected chi connectivity index (χ1v) is 6.00. The van der Waals surface area contributed by atoms with Gasteiger partial charge in [-0.1, -0.05) is 22.0 Å². The second-order valence-electron chi connectivity index (χ2n) is 4.20. The number of hydrogen-bond acceptors (Lipinski definition) is 1. The zero-order chi connectivity index (χ0) is 9.97. The van der Waals surface area contributed by atoms with Gasteiger partial charge in [0.05, 0.1) is 0 Å². The Balaban J connectivity index is 2.07. The summed E-state index contributed by atoms with van der Waals surface area (Å²) in [4.78, 5) is 0. The van der Waals surface area contributed by atoms with Crippen LogP contribution in [0.3, 0.4) is 0 Å². The third-order valence-electron chi connectivity index (χ3n) is 2.79. The van der Waals surface area contributed by atoms with Crippen LogP contribution in [0.15, 0.2) is 22.7 Å². The molecule has 1 aromatic rings. The van der Waals surface area contributed by atoms with Gasteiger partial charge in [-0.25, -0.2) is 0 Å². The first-order chi connectivity index (χ1) is 6.74. The van der Waals surface area contributed by atoms with Crippen LogP contribution in [0.4, 0.5) is 0 Å². The first kappa shape index (κ1) is 10.2. The van der Waals surface area contributed by atoms with Crippen LogP contribution in [0.1, 0.15) is 17.5 Å². The highest BCUT2D eigenvalue weighted by Gasteiger charge is 2.14. The van der Waals surface area contributed by atoms with Gasteiger partial charge < -0.3 is 5.32 Å². The van der Waals surface area contributed by atoms with E-state index in [1.165, 1.54) is 41.5 Å². The summed E-state index contributed by atoms with van der Waals surface area (Å²) in [7, 11) is 0. The van der Waals surface area contributed by atoms with E-state index >= 15 is 0 Å². The minimum Gasteiger partial charge on any atom is -0.316 e. The molecule has 1 saturated heterocycles. The van der Waals surface area contributed by atoms with Gasteiger partial charge in [0.25, 0.3) is 0 Å². The Kier molecular flexibility index (Phi) is 3.24. The van der Waals surface area contributed by atoms with Gasteiger partial charge in [0.1, 0.15) is 0 Å². The van der Waals surface area contributed by atoms with Crippen LogP contribution in [0.25, 0.3) is 0 Å². The van der Waals surface area contributed by atoms with Crippen molar-refractivity contribution in [1.82, 2.24) is 5.32 Å². The van der Waals surface area contributed by atoms with Crippen molar-refractivity contribution in [2.75, 3.05) is 13.1 Å². The molecule has 1 unspecified atom stereocenters. The summed E-state index contributed by atoms with van der Waals surface area (Å²) in [5.41, 5.74) is 2.81. The molecule has 14 heavy (non-hydrogen) atoms. The van der Waals surface area contributed by atoms with Gasteiger partial charge in [-0.2, -0.15) is 0 Å². The smallest absolute Gasteiger partial charge is 0.0180 e. The highest BCUT2D eigenvalue weighted by atomic mass is 79.9. The fraction of sp³-hybridized carbons (Fsp3) is 0.500. The summed E-state index contributed by atoms with van der Waals surface area (Å²) in [6.07, 6.45) is 2.54. The van der Waals surface area contributed by atoms with E-state index in [1.807, 2.05) is 0 Å². The summed E-state index contributed by atoms with van der Waals surface area (Å²) in [6, 6.07) is 6.70. The van der Waals surface area contributed by atoms with E-state index in [4.69, 9.17) is 0 Å². The molecule has 2 rings (SSSR count). The molecule has 1 atom stereocenters. The summed E-state index contributed by atoms with van der Waals surface area (Å²) in [5.74, 6) is 0.837. The molecule has 1 heterocycles. The molecular weight excluding hydrogens is 238 g/mol. The summed E-state index contributed by atoms with van der Waals surface area (Å²) in [5, 5.41) is 3.41. The second kappa shape index (κ2) is 4.45. The molecule has 0 spiro atoms. The minimum atomic E-state index is 0.837. The largest absolute Gasteiger partial charge is 0.316 e. The van der Waals surface area contributed by atoms with Gasteiger partial charge in [0.15, 0.2) is 0 Å². The summed E-state index contributed by atoms with van der Waals surface area (Å²) < 4.78 is 1.21. The Hall–Kier alpha value is -0.340. The lowest BCUT2D eigenvalue weighted by Gasteiger charge is -2.09. The van der Waals surface area contributed by atoms with Crippen LogP contribution in [0, 0.1) is 12.8 Å². The summed E-state index contributed by atoms with van der Waals surface area (Å²) >= 11 is 3.55. The number of aryl methyl sites for hydroxylation is 1. The zero-order valence-electron chi connectivity index (χ0n) is 8.52. The van der Waals surface area contributed by atoms with Crippen LogP contribution in [-0.2, 0) is 6.42 Å². The average Bonchev–Trinajstić information content (AvgIpc) is 2.54. The van der Waals surface area contributed by atoms with Gasteiger partial charge in [-0.05, 0) is 62.0 Å². The predicted octanol–water partition coefficient (Wildman–Crippen LogP) is 2.91. The maximum atomic E-state index is 3.55. The van der Waals surface area contributed by atoms with Crippen molar-refractivity contribution in [3.05, 3.63) is 33.8 Å². The van der Waals surface area contributed by atoms with Crippen molar-refractivity contribution >= 4 is 15.9 Å². The molecular formula is C12H16BrN. The quantitative estimate of drug-likeness (QED) is 0.855. The molecule has 0 aliphatic carbocycles. The van der Waals surface area contributed by atoms with Crippen LogP contribution in [-0.4, -0.2) is 13.1 Å². The van der Waals surface area contributed by atoms with Crippen LogP contribution < -0.4 is 5.32 Å². The van der Waals surface area contributed by atoms with E-state index in [1.54, 1.807) is 0 Å². The fourth-order valence-electron chi connectivity index (χ4n) is 2.15. The molecule has 1 fully saturated rings. The molecule has 1 aliphatic rings. The maximum absolute atomic E-state index is 3.55. The molecule has 76 valence electrons. The van der Waals surface area contributed by atoms with E-state index < -0.39 is 0 Å². The molecule has 1 nitrogen and oxygen atoms in total.